The first-order chi connectivity index (χ1) is 12.6. The molecule has 0 radical (unpaired) electrons. The summed E-state index contributed by atoms with van der Waals surface area (Å²) in [5, 5.41) is 0.864. The van der Waals surface area contributed by atoms with E-state index in [0.717, 1.165) is 22.1 Å². The van der Waals surface area contributed by atoms with E-state index >= 15 is 0 Å². The zero-order valence-corrected chi connectivity index (χ0v) is 14.8. The van der Waals surface area contributed by atoms with Gasteiger partial charge in [0.15, 0.2) is 11.6 Å². The number of halogens is 2. The molecule has 0 N–H and O–H groups in total. The molecule has 3 rings (SSSR count). The van der Waals surface area contributed by atoms with Crippen LogP contribution in [0.15, 0.2) is 76.8 Å². The second kappa shape index (κ2) is 8.10. The van der Waals surface area contributed by atoms with Crippen LogP contribution in [0.1, 0.15) is 17.3 Å². The Balaban J connectivity index is 1.78. The molecule has 1 heterocycles. The summed E-state index contributed by atoms with van der Waals surface area (Å²) < 4.78 is 26.6. The molecule has 0 aliphatic carbocycles. The van der Waals surface area contributed by atoms with Crippen LogP contribution in [-0.2, 0) is 0 Å². The summed E-state index contributed by atoms with van der Waals surface area (Å²) in [6.07, 6.45) is 1.72. The van der Waals surface area contributed by atoms with Crippen LogP contribution in [0.3, 0.4) is 0 Å². The maximum atomic E-state index is 13.5. The summed E-state index contributed by atoms with van der Waals surface area (Å²) in [4.78, 5) is 19.3. The van der Waals surface area contributed by atoms with E-state index in [2.05, 4.69) is 4.98 Å². The lowest BCUT2D eigenvalue weighted by Crippen LogP contribution is -2.30. The number of amides is 1. The Morgan fingerprint density at radius 2 is 1.81 bits per heavy atom. The van der Waals surface area contributed by atoms with Gasteiger partial charge in [0.25, 0.3) is 5.91 Å². The Bertz CT molecular complexity index is 901. The van der Waals surface area contributed by atoms with Crippen molar-refractivity contribution in [2.75, 3.05) is 11.4 Å². The van der Waals surface area contributed by atoms with Gasteiger partial charge in [-0.2, -0.15) is 0 Å². The summed E-state index contributed by atoms with van der Waals surface area (Å²) in [6, 6.07) is 16.2. The lowest BCUT2D eigenvalue weighted by atomic mass is 10.1. The van der Waals surface area contributed by atoms with Crippen molar-refractivity contribution in [2.24, 2.45) is 0 Å². The van der Waals surface area contributed by atoms with Crippen LogP contribution in [0.2, 0.25) is 0 Å². The summed E-state index contributed by atoms with van der Waals surface area (Å²) in [6.45, 7) is 2.12. The minimum absolute atomic E-state index is 0.270. The normalized spacial score (nSPS) is 10.6. The van der Waals surface area contributed by atoms with Gasteiger partial charge in [0.1, 0.15) is 5.03 Å². The van der Waals surface area contributed by atoms with Crippen LogP contribution in [0.4, 0.5) is 14.5 Å². The molecule has 0 saturated heterocycles. The van der Waals surface area contributed by atoms with E-state index < -0.39 is 11.6 Å². The third-order valence-corrected chi connectivity index (χ3v) is 4.70. The van der Waals surface area contributed by atoms with Crippen LogP contribution < -0.4 is 4.90 Å². The molecule has 2 aromatic carbocycles. The minimum Gasteiger partial charge on any atom is -0.309 e. The van der Waals surface area contributed by atoms with Crippen molar-refractivity contribution in [3.8, 4) is 0 Å². The average molecular weight is 370 g/mol. The third-order valence-electron chi connectivity index (χ3n) is 3.74. The van der Waals surface area contributed by atoms with E-state index in [1.165, 1.54) is 22.7 Å². The smallest absolute Gasteiger partial charge is 0.258 e. The largest absolute Gasteiger partial charge is 0.309 e. The van der Waals surface area contributed by atoms with E-state index in [9.17, 15) is 13.6 Å². The summed E-state index contributed by atoms with van der Waals surface area (Å²) >= 11 is 1.49. The fraction of sp³-hybridized carbons (Fsp3) is 0.100. The zero-order valence-electron chi connectivity index (χ0n) is 14.0. The van der Waals surface area contributed by atoms with Crippen molar-refractivity contribution in [2.45, 2.75) is 16.8 Å². The van der Waals surface area contributed by atoms with Crippen LogP contribution in [0.25, 0.3) is 0 Å². The van der Waals surface area contributed by atoms with Crippen molar-refractivity contribution in [1.29, 1.82) is 0 Å². The van der Waals surface area contributed by atoms with Gasteiger partial charge >= 0.3 is 0 Å². The summed E-state index contributed by atoms with van der Waals surface area (Å²) in [7, 11) is 0. The second-order valence-electron chi connectivity index (χ2n) is 5.44. The molecular weight excluding hydrogens is 354 g/mol. The van der Waals surface area contributed by atoms with Gasteiger partial charge < -0.3 is 4.90 Å². The van der Waals surface area contributed by atoms with Crippen LogP contribution in [-0.4, -0.2) is 17.4 Å². The first kappa shape index (κ1) is 18.1. The quantitative estimate of drug-likeness (QED) is 0.621. The van der Waals surface area contributed by atoms with Crippen molar-refractivity contribution in [1.82, 2.24) is 4.98 Å². The van der Waals surface area contributed by atoms with Crippen molar-refractivity contribution >= 4 is 23.4 Å². The summed E-state index contributed by atoms with van der Waals surface area (Å²) in [5.41, 5.74) is 0.797. The maximum absolute atomic E-state index is 13.5. The van der Waals surface area contributed by atoms with Gasteiger partial charge in [-0.3, -0.25) is 4.79 Å². The average Bonchev–Trinajstić information content (AvgIpc) is 2.66. The minimum atomic E-state index is -0.976. The van der Waals surface area contributed by atoms with Gasteiger partial charge in [-0.25, -0.2) is 13.8 Å². The Kier molecular flexibility index (Phi) is 5.63. The number of carbonyl (C=O) groups is 1. The molecule has 132 valence electrons. The molecular formula is C20H16F2N2OS. The van der Waals surface area contributed by atoms with Gasteiger partial charge in [0.2, 0.25) is 0 Å². The molecule has 3 aromatic rings. The number of rotatable bonds is 5. The van der Waals surface area contributed by atoms with Crippen LogP contribution in [0, 0.1) is 11.6 Å². The Morgan fingerprint density at radius 3 is 2.42 bits per heavy atom. The SMILES string of the molecule is CCN(C(=O)c1ccc(Sc2ccccn2)cc1)c1ccc(F)c(F)c1. The molecule has 0 aliphatic heterocycles. The molecule has 0 fully saturated rings. The number of pyridine rings is 1. The first-order valence-electron chi connectivity index (χ1n) is 8.04. The van der Waals surface area contributed by atoms with Gasteiger partial charge in [-0.05, 0) is 55.5 Å². The Morgan fingerprint density at radius 1 is 1.04 bits per heavy atom. The fourth-order valence-electron chi connectivity index (χ4n) is 2.45. The van der Waals surface area contributed by atoms with E-state index in [1.807, 2.05) is 30.3 Å². The number of benzene rings is 2. The lowest BCUT2D eigenvalue weighted by molar-refractivity contribution is 0.0988. The topological polar surface area (TPSA) is 33.2 Å². The molecule has 0 spiro atoms. The van der Waals surface area contributed by atoms with E-state index in [1.54, 1.807) is 25.3 Å². The van der Waals surface area contributed by atoms with Crippen molar-refractivity contribution in [3.05, 3.63) is 84.1 Å². The first-order valence-corrected chi connectivity index (χ1v) is 8.86. The fourth-order valence-corrected chi connectivity index (χ4v) is 3.22. The number of aromatic nitrogens is 1. The van der Waals surface area contributed by atoms with Gasteiger partial charge in [0, 0.05) is 35.0 Å². The third kappa shape index (κ3) is 4.08. The van der Waals surface area contributed by atoms with Gasteiger partial charge in [0.05, 0.1) is 0 Å². The van der Waals surface area contributed by atoms with Gasteiger partial charge in [-0.15, -0.1) is 0 Å². The maximum Gasteiger partial charge on any atom is 0.258 e. The molecule has 26 heavy (non-hydrogen) atoms. The highest BCUT2D eigenvalue weighted by Crippen LogP contribution is 2.26. The van der Waals surface area contributed by atoms with Crippen molar-refractivity contribution < 1.29 is 13.6 Å². The van der Waals surface area contributed by atoms with E-state index in [-0.39, 0.29) is 5.91 Å². The molecule has 1 amide bonds. The Labute approximate surface area is 154 Å². The highest BCUT2D eigenvalue weighted by Gasteiger charge is 2.17. The molecule has 1 aromatic heterocycles. The van der Waals surface area contributed by atoms with E-state index in [0.29, 0.717) is 17.8 Å². The molecule has 3 nitrogen and oxygen atoms in total. The van der Waals surface area contributed by atoms with Crippen molar-refractivity contribution in [3.63, 3.8) is 0 Å². The van der Waals surface area contributed by atoms with Crippen LogP contribution >= 0.6 is 11.8 Å². The summed E-state index contributed by atoms with van der Waals surface area (Å²) in [5.74, 6) is -2.18. The highest BCUT2D eigenvalue weighted by atomic mass is 32.2. The molecule has 0 bridgehead atoms. The highest BCUT2D eigenvalue weighted by molar-refractivity contribution is 7.99. The zero-order chi connectivity index (χ0) is 18.5. The number of hydrogen-bond acceptors (Lipinski definition) is 3. The predicted molar refractivity (Wildman–Crippen MR) is 98.5 cm³/mol. The monoisotopic (exact) mass is 370 g/mol. The van der Waals surface area contributed by atoms with Gasteiger partial charge in [-0.1, -0.05) is 17.8 Å². The molecule has 0 atom stereocenters. The van der Waals surface area contributed by atoms with E-state index in [4.69, 9.17) is 0 Å². The predicted octanol–water partition coefficient (Wildman–Crippen LogP) is 5.18. The number of anilines is 1. The molecule has 0 saturated carbocycles. The Hall–Kier alpha value is -2.73. The lowest BCUT2D eigenvalue weighted by Gasteiger charge is -2.21. The number of hydrogen-bond donors (Lipinski definition) is 0. The second-order valence-corrected chi connectivity index (χ2v) is 6.54. The molecule has 6 heteroatoms. The molecule has 0 unspecified atom stereocenters. The standard InChI is InChI=1S/C20H16F2N2OS/c1-2-24(15-8-11-17(21)18(22)13-15)20(25)14-6-9-16(10-7-14)26-19-5-3-4-12-23-19/h3-13H,2H2,1H3. The number of nitrogens with zero attached hydrogens (tertiary/aromatic N) is 2. The van der Waals surface area contributed by atoms with Crippen LogP contribution in [0.5, 0.6) is 0 Å². The molecule has 0 aliphatic rings. The number of carbonyl (C=O) groups excluding carboxylic acids is 1.